The van der Waals surface area contributed by atoms with E-state index in [9.17, 15) is 14.7 Å². The molecule has 28 heavy (non-hydrogen) atoms. The van der Waals surface area contributed by atoms with Crippen molar-refractivity contribution in [3.8, 4) is 5.75 Å². The number of thiazole rings is 1. The van der Waals surface area contributed by atoms with E-state index in [0.29, 0.717) is 17.1 Å². The summed E-state index contributed by atoms with van der Waals surface area (Å²) in [5.74, 6) is -0.442. The van der Waals surface area contributed by atoms with Crippen LogP contribution in [0.5, 0.6) is 5.75 Å². The lowest BCUT2D eigenvalue weighted by Gasteiger charge is -2.34. The van der Waals surface area contributed by atoms with Gasteiger partial charge in [-0.1, -0.05) is 26.8 Å². The minimum atomic E-state index is -1.31. The van der Waals surface area contributed by atoms with Crippen molar-refractivity contribution in [1.82, 2.24) is 9.88 Å². The molecule has 0 radical (unpaired) electrons. The number of carbonyl (C=O) groups is 2. The van der Waals surface area contributed by atoms with Gasteiger partial charge in [0.2, 0.25) is 0 Å². The first-order valence-corrected chi connectivity index (χ1v) is 10.8. The van der Waals surface area contributed by atoms with Gasteiger partial charge in [-0.3, -0.25) is 4.79 Å². The first kappa shape index (κ1) is 20.7. The second-order valence-corrected chi connectivity index (χ2v) is 9.95. The van der Waals surface area contributed by atoms with Crippen LogP contribution in [0.4, 0.5) is 0 Å². The van der Waals surface area contributed by atoms with E-state index in [0.717, 1.165) is 10.6 Å². The van der Waals surface area contributed by atoms with Gasteiger partial charge in [0.1, 0.15) is 21.7 Å². The fourth-order valence-electron chi connectivity index (χ4n) is 3.26. The lowest BCUT2D eigenvalue weighted by atomic mass is 9.85. The van der Waals surface area contributed by atoms with Crippen molar-refractivity contribution in [3.05, 3.63) is 45.9 Å². The Bertz CT molecular complexity index is 892. The maximum Gasteiger partial charge on any atom is 0.330 e. The van der Waals surface area contributed by atoms with Crippen molar-refractivity contribution >= 4 is 35.0 Å². The van der Waals surface area contributed by atoms with Gasteiger partial charge in [0.15, 0.2) is 0 Å². The molecule has 1 aliphatic rings. The van der Waals surface area contributed by atoms with Gasteiger partial charge in [-0.05, 0) is 30.0 Å². The van der Waals surface area contributed by atoms with Gasteiger partial charge in [-0.15, -0.1) is 23.1 Å². The summed E-state index contributed by atoms with van der Waals surface area (Å²) < 4.78 is 5.52. The summed E-state index contributed by atoms with van der Waals surface area (Å²) >= 11 is 2.84. The van der Waals surface area contributed by atoms with Gasteiger partial charge in [-0.2, -0.15) is 0 Å². The third-order valence-corrected chi connectivity index (χ3v) is 7.34. The Kier molecular flexibility index (Phi) is 5.46. The zero-order valence-electron chi connectivity index (χ0n) is 16.6. The van der Waals surface area contributed by atoms with E-state index in [2.05, 4.69) is 25.8 Å². The quantitative estimate of drug-likeness (QED) is 0.799. The fourth-order valence-corrected chi connectivity index (χ4v) is 5.66. The number of hydrogen-bond donors (Lipinski definition) is 1. The van der Waals surface area contributed by atoms with Crippen molar-refractivity contribution in [2.75, 3.05) is 12.9 Å². The van der Waals surface area contributed by atoms with Crippen LogP contribution in [0.1, 0.15) is 54.0 Å². The molecule has 1 fully saturated rings. The molecule has 0 spiro atoms. The maximum absolute atomic E-state index is 13.5. The Hall–Kier alpha value is -2.06. The summed E-state index contributed by atoms with van der Waals surface area (Å²) in [6.45, 7) is 7.81. The highest BCUT2D eigenvalue weighted by Gasteiger charge is 2.53. The molecule has 1 saturated heterocycles. The summed E-state index contributed by atoms with van der Waals surface area (Å²) in [4.78, 5) is 31.3. The number of nitrogens with zero attached hydrogens (tertiary/aromatic N) is 2. The Morgan fingerprint density at radius 1 is 1.36 bits per heavy atom. The molecule has 0 aliphatic carbocycles. The van der Waals surface area contributed by atoms with Crippen molar-refractivity contribution in [1.29, 1.82) is 0 Å². The van der Waals surface area contributed by atoms with Gasteiger partial charge < -0.3 is 14.7 Å². The van der Waals surface area contributed by atoms with Gasteiger partial charge in [0.25, 0.3) is 5.91 Å². The molecule has 1 aliphatic heterocycles. The average molecular weight is 421 g/mol. The van der Waals surface area contributed by atoms with Crippen molar-refractivity contribution in [2.45, 2.75) is 44.0 Å². The highest BCUT2D eigenvalue weighted by Crippen LogP contribution is 2.48. The maximum atomic E-state index is 13.5. The second-order valence-electron chi connectivity index (χ2n) is 7.95. The molecular formula is C20H24N2O4S2. The molecule has 2 heterocycles. The van der Waals surface area contributed by atoms with E-state index < -0.39 is 16.9 Å². The van der Waals surface area contributed by atoms with Gasteiger partial charge in [-0.25, -0.2) is 9.78 Å². The minimum absolute atomic E-state index is 0.143. The molecule has 1 amide bonds. The van der Waals surface area contributed by atoms with Crippen LogP contribution >= 0.6 is 23.1 Å². The molecule has 2 aromatic rings. The minimum Gasteiger partial charge on any atom is -0.496 e. The molecule has 2 atom stereocenters. The number of aromatic nitrogens is 1. The number of hydrogen-bond acceptors (Lipinski definition) is 6. The van der Waals surface area contributed by atoms with Crippen LogP contribution in [0.15, 0.2) is 29.8 Å². The zero-order chi connectivity index (χ0) is 20.7. The Morgan fingerprint density at radius 3 is 2.61 bits per heavy atom. The Morgan fingerprint density at radius 2 is 2.07 bits per heavy atom. The molecule has 2 unspecified atom stereocenters. The standard InChI is InChI=1S/C20H24N2O4S2/c1-19(2,3)13-7-6-12(10-14(13)26-5)16(23)22-17(15-21-8-9-27-15)28-11-20(22,4)18(24)25/h6-10,17H,11H2,1-5H3,(H,24,25). The molecule has 3 rings (SSSR count). The number of aliphatic carboxylic acids is 1. The SMILES string of the molecule is COc1cc(C(=O)N2C(c3nccs3)SCC2(C)C(=O)O)ccc1C(C)(C)C. The van der Waals surface area contributed by atoms with E-state index in [1.807, 2.05) is 11.4 Å². The first-order chi connectivity index (χ1) is 13.1. The molecule has 6 nitrogen and oxygen atoms in total. The predicted octanol–water partition coefficient (Wildman–Crippen LogP) is 4.18. The first-order valence-electron chi connectivity index (χ1n) is 8.86. The van der Waals surface area contributed by atoms with E-state index in [-0.39, 0.29) is 11.3 Å². The summed E-state index contributed by atoms with van der Waals surface area (Å²) in [7, 11) is 1.57. The number of thioether (sulfide) groups is 1. The molecule has 0 bridgehead atoms. The lowest BCUT2D eigenvalue weighted by Crippen LogP contribution is -2.53. The van der Waals surface area contributed by atoms with Gasteiger partial charge in [0, 0.05) is 22.9 Å². The number of ether oxygens (including phenoxy) is 1. The topological polar surface area (TPSA) is 79.7 Å². The fraction of sp³-hybridized carbons (Fsp3) is 0.450. The monoisotopic (exact) mass is 420 g/mol. The van der Waals surface area contributed by atoms with E-state index in [1.165, 1.54) is 28.0 Å². The molecule has 0 saturated carbocycles. The highest BCUT2D eigenvalue weighted by atomic mass is 32.2. The molecule has 1 N–H and O–H groups in total. The van der Waals surface area contributed by atoms with Gasteiger partial charge in [0.05, 0.1) is 7.11 Å². The molecule has 150 valence electrons. The molecular weight excluding hydrogens is 396 g/mol. The number of amides is 1. The largest absolute Gasteiger partial charge is 0.496 e. The summed E-state index contributed by atoms with van der Waals surface area (Å²) in [5.41, 5.74) is -0.0649. The summed E-state index contributed by atoms with van der Waals surface area (Å²) in [6, 6.07) is 5.33. The van der Waals surface area contributed by atoms with E-state index >= 15 is 0 Å². The zero-order valence-corrected chi connectivity index (χ0v) is 18.2. The van der Waals surface area contributed by atoms with Crippen LogP contribution in [-0.4, -0.2) is 45.3 Å². The smallest absolute Gasteiger partial charge is 0.330 e. The van der Waals surface area contributed by atoms with Crippen LogP contribution in [-0.2, 0) is 10.2 Å². The summed E-state index contributed by atoms with van der Waals surface area (Å²) in [6.07, 6.45) is 1.67. The normalized spacial score (nSPS) is 22.3. The van der Waals surface area contributed by atoms with E-state index in [4.69, 9.17) is 4.74 Å². The second kappa shape index (κ2) is 7.40. The number of benzene rings is 1. The Balaban J connectivity index is 2.06. The predicted molar refractivity (Wildman–Crippen MR) is 111 cm³/mol. The highest BCUT2D eigenvalue weighted by molar-refractivity contribution is 8.00. The third-order valence-electron chi connectivity index (χ3n) is 4.89. The summed E-state index contributed by atoms with van der Waals surface area (Å²) in [5, 5.41) is 12.0. The van der Waals surface area contributed by atoms with Crippen molar-refractivity contribution in [2.24, 2.45) is 0 Å². The van der Waals surface area contributed by atoms with Crippen LogP contribution in [0, 0.1) is 0 Å². The molecule has 1 aromatic carbocycles. The Labute approximate surface area is 172 Å². The number of carbonyl (C=O) groups excluding carboxylic acids is 1. The third kappa shape index (κ3) is 3.51. The van der Waals surface area contributed by atoms with Crippen LogP contribution in [0.25, 0.3) is 0 Å². The number of carboxylic acids is 1. The molecule has 1 aromatic heterocycles. The number of methoxy groups -OCH3 is 1. The number of carboxylic acid groups (broad SMARTS) is 1. The lowest BCUT2D eigenvalue weighted by molar-refractivity contribution is -0.147. The van der Waals surface area contributed by atoms with E-state index in [1.54, 1.807) is 32.4 Å². The molecule has 8 heteroatoms. The van der Waals surface area contributed by atoms with Gasteiger partial charge >= 0.3 is 5.97 Å². The number of rotatable bonds is 4. The van der Waals surface area contributed by atoms with Crippen molar-refractivity contribution < 1.29 is 19.4 Å². The van der Waals surface area contributed by atoms with Crippen LogP contribution in [0.2, 0.25) is 0 Å². The van der Waals surface area contributed by atoms with Crippen LogP contribution < -0.4 is 4.74 Å². The van der Waals surface area contributed by atoms with Crippen LogP contribution in [0.3, 0.4) is 0 Å². The average Bonchev–Trinajstić information content (AvgIpc) is 3.28. The van der Waals surface area contributed by atoms with Crippen molar-refractivity contribution in [3.63, 3.8) is 0 Å².